The van der Waals surface area contributed by atoms with E-state index in [0.717, 1.165) is 28.6 Å². The van der Waals surface area contributed by atoms with E-state index in [9.17, 15) is 21.2 Å². The van der Waals surface area contributed by atoms with E-state index < -0.39 is 25.9 Å². The van der Waals surface area contributed by atoms with Crippen molar-refractivity contribution in [3.63, 3.8) is 0 Å². The first-order valence-electron chi connectivity index (χ1n) is 10.6. The standard InChI is InChI=1S/C25H21FN2O4S2/c26-21-9-12-23(13-10-21)34(31,32)28-15-14-18-8-11-22(16-20(18)17-28)27-33(29,30)25-7-3-5-19-4-1-2-6-24(19)25/h1-13,16,27H,14-15,17H2. The first-order valence-corrected chi connectivity index (χ1v) is 13.5. The van der Waals surface area contributed by atoms with Gasteiger partial charge >= 0.3 is 0 Å². The quantitative estimate of drug-likeness (QED) is 0.440. The van der Waals surface area contributed by atoms with E-state index in [4.69, 9.17) is 0 Å². The van der Waals surface area contributed by atoms with Crippen molar-refractivity contribution < 1.29 is 21.2 Å². The molecular weight excluding hydrogens is 475 g/mol. The molecule has 0 radical (unpaired) electrons. The van der Waals surface area contributed by atoms with Gasteiger partial charge in [-0.3, -0.25) is 4.72 Å². The van der Waals surface area contributed by atoms with Crippen LogP contribution in [0.5, 0.6) is 0 Å². The van der Waals surface area contributed by atoms with Gasteiger partial charge in [0.2, 0.25) is 10.0 Å². The zero-order chi connectivity index (χ0) is 23.9. The molecular formula is C25H21FN2O4S2. The number of nitrogens with zero attached hydrogens (tertiary/aromatic N) is 1. The normalized spacial score (nSPS) is 14.6. The van der Waals surface area contributed by atoms with E-state index >= 15 is 0 Å². The van der Waals surface area contributed by atoms with Gasteiger partial charge in [-0.25, -0.2) is 21.2 Å². The lowest BCUT2D eigenvalue weighted by atomic mass is 10.0. The van der Waals surface area contributed by atoms with Crippen molar-refractivity contribution >= 4 is 36.5 Å². The Bertz CT molecular complexity index is 1600. The van der Waals surface area contributed by atoms with E-state index in [-0.39, 0.29) is 22.9 Å². The number of halogens is 1. The van der Waals surface area contributed by atoms with Gasteiger partial charge < -0.3 is 0 Å². The van der Waals surface area contributed by atoms with Crippen LogP contribution in [0.15, 0.2) is 94.7 Å². The molecule has 5 rings (SSSR count). The van der Waals surface area contributed by atoms with Crippen molar-refractivity contribution in [3.8, 4) is 0 Å². The fraction of sp³-hybridized carbons (Fsp3) is 0.120. The maximum Gasteiger partial charge on any atom is 0.262 e. The highest BCUT2D eigenvalue weighted by Crippen LogP contribution is 2.29. The van der Waals surface area contributed by atoms with Gasteiger partial charge in [-0.1, -0.05) is 42.5 Å². The smallest absolute Gasteiger partial charge is 0.262 e. The molecule has 0 unspecified atom stereocenters. The van der Waals surface area contributed by atoms with Crippen LogP contribution in [0.2, 0.25) is 0 Å². The molecule has 0 bridgehead atoms. The van der Waals surface area contributed by atoms with Crippen LogP contribution in [0.4, 0.5) is 10.1 Å². The van der Waals surface area contributed by atoms with Crippen LogP contribution in [-0.4, -0.2) is 27.7 Å². The molecule has 1 heterocycles. The van der Waals surface area contributed by atoms with E-state index in [1.54, 1.807) is 36.4 Å². The van der Waals surface area contributed by atoms with Gasteiger partial charge in [0.1, 0.15) is 5.82 Å². The molecule has 0 spiro atoms. The number of fused-ring (bicyclic) bond motifs is 2. The SMILES string of the molecule is O=S(=O)(Nc1ccc2c(c1)CN(S(=O)(=O)c1ccc(F)cc1)CC2)c1cccc2ccccc12. The number of sulfonamides is 2. The Morgan fingerprint density at radius 3 is 2.32 bits per heavy atom. The molecule has 9 heteroatoms. The average Bonchev–Trinajstić information content (AvgIpc) is 2.83. The average molecular weight is 497 g/mol. The molecule has 0 saturated carbocycles. The lowest BCUT2D eigenvalue weighted by Crippen LogP contribution is -2.36. The maximum absolute atomic E-state index is 13.2. The van der Waals surface area contributed by atoms with Gasteiger partial charge in [0.15, 0.2) is 0 Å². The summed E-state index contributed by atoms with van der Waals surface area (Å²) in [4.78, 5) is 0.189. The molecule has 1 aliphatic rings. The Hall–Kier alpha value is -3.27. The van der Waals surface area contributed by atoms with Gasteiger partial charge in [-0.2, -0.15) is 4.31 Å². The summed E-state index contributed by atoms with van der Waals surface area (Å²) in [6, 6.07) is 22.2. The van der Waals surface area contributed by atoms with Crippen molar-refractivity contribution in [2.75, 3.05) is 11.3 Å². The molecule has 0 aliphatic carbocycles. The molecule has 6 nitrogen and oxygen atoms in total. The molecule has 0 saturated heterocycles. The number of hydrogen-bond donors (Lipinski definition) is 1. The third kappa shape index (κ3) is 4.18. The number of anilines is 1. The highest BCUT2D eigenvalue weighted by atomic mass is 32.2. The first-order chi connectivity index (χ1) is 16.2. The molecule has 0 amide bonds. The predicted molar refractivity (Wildman–Crippen MR) is 129 cm³/mol. The Morgan fingerprint density at radius 2 is 1.53 bits per heavy atom. The first kappa shape index (κ1) is 22.5. The Kier molecular flexibility index (Phi) is 5.63. The van der Waals surface area contributed by atoms with Crippen molar-refractivity contribution in [2.24, 2.45) is 0 Å². The molecule has 174 valence electrons. The second kappa shape index (κ2) is 8.50. The molecule has 0 aromatic heterocycles. The zero-order valence-corrected chi connectivity index (χ0v) is 19.6. The van der Waals surface area contributed by atoms with Gasteiger partial charge in [-0.05, 0) is 65.4 Å². The van der Waals surface area contributed by atoms with E-state index in [0.29, 0.717) is 17.5 Å². The van der Waals surface area contributed by atoms with Crippen molar-refractivity contribution in [1.82, 2.24) is 4.31 Å². The summed E-state index contributed by atoms with van der Waals surface area (Å²) in [6.45, 7) is 0.382. The van der Waals surface area contributed by atoms with Crippen molar-refractivity contribution in [2.45, 2.75) is 22.8 Å². The number of hydrogen-bond acceptors (Lipinski definition) is 4. The van der Waals surface area contributed by atoms with E-state index in [1.165, 1.54) is 16.4 Å². The highest BCUT2D eigenvalue weighted by molar-refractivity contribution is 7.93. The molecule has 0 atom stereocenters. The summed E-state index contributed by atoms with van der Waals surface area (Å²) >= 11 is 0. The van der Waals surface area contributed by atoms with Crippen LogP contribution in [0.25, 0.3) is 10.8 Å². The van der Waals surface area contributed by atoms with E-state index in [2.05, 4.69) is 4.72 Å². The van der Waals surface area contributed by atoms with Gasteiger partial charge in [0.05, 0.1) is 9.79 Å². The minimum absolute atomic E-state index is 0.0187. The van der Waals surface area contributed by atoms with Crippen LogP contribution in [0.1, 0.15) is 11.1 Å². The molecule has 34 heavy (non-hydrogen) atoms. The van der Waals surface area contributed by atoms with E-state index in [1.807, 2.05) is 24.3 Å². The molecule has 1 aliphatic heterocycles. The van der Waals surface area contributed by atoms with Gasteiger partial charge in [0.25, 0.3) is 10.0 Å². The topological polar surface area (TPSA) is 83.6 Å². The summed E-state index contributed by atoms with van der Waals surface area (Å²) < 4.78 is 69.6. The van der Waals surface area contributed by atoms with Gasteiger partial charge in [-0.15, -0.1) is 0 Å². The Labute approximate surface area is 197 Å². The minimum atomic E-state index is -3.87. The van der Waals surface area contributed by atoms with Gasteiger partial charge in [0, 0.05) is 24.2 Å². The summed E-state index contributed by atoms with van der Waals surface area (Å²) in [6.07, 6.45) is 0.492. The molecule has 0 fully saturated rings. The van der Waals surface area contributed by atoms with Crippen LogP contribution in [0, 0.1) is 5.82 Å². The third-order valence-electron chi connectivity index (χ3n) is 5.93. The number of nitrogens with one attached hydrogen (secondary N) is 1. The second-order valence-corrected chi connectivity index (χ2v) is 11.7. The largest absolute Gasteiger partial charge is 0.280 e. The summed E-state index contributed by atoms with van der Waals surface area (Å²) in [7, 11) is -7.68. The maximum atomic E-state index is 13.2. The summed E-state index contributed by atoms with van der Waals surface area (Å²) in [5.74, 6) is -0.508. The van der Waals surface area contributed by atoms with Crippen LogP contribution >= 0.6 is 0 Å². The monoisotopic (exact) mass is 496 g/mol. The molecule has 4 aromatic rings. The fourth-order valence-electron chi connectivity index (χ4n) is 4.20. The number of rotatable bonds is 5. The Balaban J connectivity index is 1.43. The van der Waals surface area contributed by atoms with Crippen LogP contribution in [-0.2, 0) is 33.0 Å². The third-order valence-corrected chi connectivity index (χ3v) is 9.23. The lowest BCUT2D eigenvalue weighted by molar-refractivity contribution is 0.391. The van der Waals surface area contributed by atoms with Crippen molar-refractivity contribution in [3.05, 3.63) is 102 Å². The zero-order valence-electron chi connectivity index (χ0n) is 18.0. The van der Waals surface area contributed by atoms with Crippen LogP contribution in [0.3, 0.4) is 0 Å². The molecule has 4 aromatic carbocycles. The lowest BCUT2D eigenvalue weighted by Gasteiger charge is -2.28. The number of benzene rings is 4. The highest BCUT2D eigenvalue weighted by Gasteiger charge is 2.29. The summed E-state index contributed by atoms with van der Waals surface area (Å²) in [5, 5.41) is 1.43. The second-order valence-electron chi connectivity index (χ2n) is 8.11. The predicted octanol–water partition coefficient (Wildman–Crippen LogP) is 4.53. The summed E-state index contributed by atoms with van der Waals surface area (Å²) in [5.41, 5.74) is 2.03. The van der Waals surface area contributed by atoms with Crippen LogP contribution < -0.4 is 4.72 Å². The minimum Gasteiger partial charge on any atom is -0.280 e. The fourth-order valence-corrected chi connectivity index (χ4v) is 6.89. The molecule has 1 N–H and O–H groups in total. The Morgan fingerprint density at radius 1 is 0.794 bits per heavy atom. The van der Waals surface area contributed by atoms with Crippen molar-refractivity contribution in [1.29, 1.82) is 0 Å².